The Balaban J connectivity index is 2.05. The number of nitrogens with zero attached hydrogens (tertiary/aromatic N) is 2. The molecule has 0 aliphatic carbocycles. The number of amides is 1. The van der Waals surface area contributed by atoms with Crippen LogP contribution in [0.25, 0.3) is 0 Å². The zero-order valence-electron chi connectivity index (χ0n) is 19.2. The summed E-state index contributed by atoms with van der Waals surface area (Å²) in [5.74, 6) is -4.94. The normalized spacial score (nSPS) is 25.5. The van der Waals surface area contributed by atoms with Gasteiger partial charge in [0.15, 0.2) is 11.4 Å². The topological polar surface area (TPSA) is 114 Å². The van der Waals surface area contributed by atoms with Crippen LogP contribution in [0.15, 0.2) is 30.6 Å². The minimum Gasteiger partial charge on any atom is -0.496 e. The fourth-order valence-corrected chi connectivity index (χ4v) is 4.16. The average Bonchev–Trinajstić information content (AvgIpc) is 3.09. The molecular weight excluding hydrogens is 500 g/mol. The van der Waals surface area contributed by atoms with E-state index in [2.05, 4.69) is 15.3 Å². The van der Waals surface area contributed by atoms with E-state index in [4.69, 9.17) is 14.6 Å². The number of hydrogen-bond acceptors (Lipinski definition) is 7. The van der Waals surface area contributed by atoms with Crippen LogP contribution < -0.4 is 10.1 Å². The number of methoxy groups -OCH3 is 1. The SMILES string of the molecule is COc1c([C@H]2[C@H](C(=O)Nc3cnc([C@H](O)CO)nc3)O[C@@](C)(C(F)(F)F)[C@H]2C)cccc1C(F)(F)F. The Hall–Kier alpha value is -2.97. The lowest BCUT2D eigenvalue weighted by Crippen LogP contribution is -2.47. The standard InChI is InChI=1S/C22H23F6N3O5/c1-10-15(12-5-4-6-13(16(12)35-3)21(23,24)25)17(36-20(10,2)22(26,27)28)19(34)31-11-7-29-18(30-8-11)14(33)9-32/h4-8,10,14-15,17,32-33H,9H2,1-3H3,(H,31,34)/t10-,14+,15-,17+,20+/m0/s1. The first kappa shape index (κ1) is 27.6. The Bertz CT molecular complexity index is 1100. The number of benzene rings is 1. The molecule has 14 heteroatoms. The van der Waals surface area contributed by atoms with Gasteiger partial charge in [0.1, 0.15) is 18.0 Å². The minimum absolute atomic E-state index is 0.0829. The van der Waals surface area contributed by atoms with Gasteiger partial charge in [0.05, 0.1) is 37.4 Å². The van der Waals surface area contributed by atoms with Crippen molar-refractivity contribution in [3.8, 4) is 5.75 Å². The molecule has 1 aliphatic heterocycles. The highest BCUT2D eigenvalue weighted by atomic mass is 19.4. The van der Waals surface area contributed by atoms with Gasteiger partial charge in [-0.25, -0.2) is 9.97 Å². The molecule has 0 saturated carbocycles. The third kappa shape index (κ3) is 4.97. The lowest BCUT2D eigenvalue weighted by Gasteiger charge is -2.32. The molecule has 3 N–H and O–H groups in total. The smallest absolute Gasteiger partial charge is 0.419 e. The molecule has 198 valence electrons. The van der Waals surface area contributed by atoms with E-state index < -0.39 is 65.8 Å². The summed E-state index contributed by atoms with van der Waals surface area (Å²) in [4.78, 5) is 20.6. The Morgan fingerprint density at radius 3 is 2.33 bits per heavy atom. The molecule has 1 saturated heterocycles. The van der Waals surface area contributed by atoms with E-state index in [9.17, 15) is 36.2 Å². The van der Waals surface area contributed by atoms with Crippen LogP contribution in [-0.4, -0.2) is 57.7 Å². The summed E-state index contributed by atoms with van der Waals surface area (Å²) in [5, 5.41) is 20.8. The van der Waals surface area contributed by atoms with Gasteiger partial charge < -0.3 is 25.0 Å². The first-order valence-corrected chi connectivity index (χ1v) is 10.6. The number of nitrogens with one attached hydrogen (secondary N) is 1. The average molecular weight is 523 g/mol. The van der Waals surface area contributed by atoms with Crippen molar-refractivity contribution < 1.29 is 50.8 Å². The van der Waals surface area contributed by atoms with E-state index in [0.717, 1.165) is 51.6 Å². The third-order valence-corrected chi connectivity index (χ3v) is 6.25. The lowest BCUT2D eigenvalue weighted by atomic mass is 9.76. The van der Waals surface area contributed by atoms with Gasteiger partial charge in [0.2, 0.25) is 0 Å². The number of aliphatic hydroxyl groups excluding tert-OH is 2. The van der Waals surface area contributed by atoms with Crippen LogP contribution in [0.4, 0.5) is 32.0 Å². The van der Waals surface area contributed by atoms with Crippen molar-refractivity contribution in [3.63, 3.8) is 0 Å². The molecular formula is C22H23F6N3O5. The van der Waals surface area contributed by atoms with Gasteiger partial charge in [-0.05, 0) is 13.0 Å². The molecule has 0 bridgehead atoms. The van der Waals surface area contributed by atoms with E-state index in [0.29, 0.717) is 0 Å². The number of aliphatic hydroxyl groups is 2. The number of para-hydroxylation sites is 1. The summed E-state index contributed by atoms with van der Waals surface area (Å²) in [6.07, 6.45) is -11.0. The third-order valence-electron chi connectivity index (χ3n) is 6.25. The Labute approximate surface area is 201 Å². The van der Waals surface area contributed by atoms with Crippen molar-refractivity contribution in [2.24, 2.45) is 5.92 Å². The van der Waals surface area contributed by atoms with Crippen LogP contribution in [0, 0.1) is 5.92 Å². The zero-order chi connectivity index (χ0) is 27.1. The molecule has 2 heterocycles. The zero-order valence-corrected chi connectivity index (χ0v) is 19.2. The maximum atomic E-state index is 14.0. The van der Waals surface area contributed by atoms with E-state index in [1.54, 1.807) is 0 Å². The highest BCUT2D eigenvalue weighted by molar-refractivity contribution is 5.95. The number of anilines is 1. The summed E-state index contributed by atoms with van der Waals surface area (Å²) < 4.78 is 93.0. The molecule has 8 nitrogen and oxygen atoms in total. The predicted octanol–water partition coefficient (Wildman–Crippen LogP) is 3.61. The monoisotopic (exact) mass is 523 g/mol. The Morgan fingerprint density at radius 1 is 1.22 bits per heavy atom. The van der Waals surface area contributed by atoms with Crippen molar-refractivity contribution in [2.45, 2.75) is 49.9 Å². The molecule has 36 heavy (non-hydrogen) atoms. The van der Waals surface area contributed by atoms with Gasteiger partial charge in [-0.15, -0.1) is 0 Å². The molecule has 0 unspecified atom stereocenters. The highest BCUT2D eigenvalue weighted by Gasteiger charge is 2.66. The van der Waals surface area contributed by atoms with E-state index in [1.165, 1.54) is 0 Å². The summed E-state index contributed by atoms with van der Waals surface area (Å²) in [6, 6.07) is 2.90. The molecule has 2 aromatic rings. The quantitative estimate of drug-likeness (QED) is 0.496. The highest BCUT2D eigenvalue weighted by Crippen LogP contribution is 2.55. The second-order valence-corrected chi connectivity index (χ2v) is 8.40. The summed E-state index contributed by atoms with van der Waals surface area (Å²) in [5.41, 5.74) is -4.43. The number of hydrogen-bond donors (Lipinski definition) is 3. The van der Waals surface area contributed by atoms with E-state index >= 15 is 0 Å². The molecule has 0 radical (unpaired) electrons. The number of ether oxygens (including phenoxy) is 2. The van der Waals surface area contributed by atoms with Crippen LogP contribution >= 0.6 is 0 Å². The van der Waals surface area contributed by atoms with Crippen molar-refractivity contribution in [1.29, 1.82) is 0 Å². The second kappa shape index (κ2) is 9.82. The van der Waals surface area contributed by atoms with Crippen LogP contribution in [0.5, 0.6) is 5.75 Å². The van der Waals surface area contributed by atoms with Crippen molar-refractivity contribution in [2.75, 3.05) is 19.0 Å². The van der Waals surface area contributed by atoms with Crippen LogP contribution in [0.3, 0.4) is 0 Å². The second-order valence-electron chi connectivity index (χ2n) is 8.40. The molecule has 1 amide bonds. The van der Waals surface area contributed by atoms with Crippen molar-refractivity contribution in [1.82, 2.24) is 9.97 Å². The number of rotatable bonds is 6. The summed E-state index contributed by atoms with van der Waals surface area (Å²) >= 11 is 0. The molecule has 1 aromatic heterocycles. The lowest BCUT2D eigenvalue weighted by molar-refractivity contribution is -0.272. The van der Waals surface area contributed by atoms with Gasteiger partial charge in [-0.3, -0.25) is 4.79 Å². The van der Waals surface area contributed by atoms with Crippen molar-refractivity contribution >= 4 is 11.6 Å². The van der Waals surface area contributed by atoms with Gasteiger partial charge in [-0.1, -0.05) is 19.1 Å². The van der Waals surface area contributed by atoms with Crippen LogP contribution in [-0.2, 0) is 15.7 Å². The predicted molar refractivity (Wildman–Crippen MR) is 112 cm³/mol. The maximum absolute atomic E-state index is 14.0. The largest absolute Gasteiger partial charge is 0.496 e. The number of halogens is 6. The Kier molecular flexibility index (Phi) is 7.54. The molecule has 5 atom stereocenters. The van der Waals surface area contributed by atoms with E-state index in [-0.39, 0.29) is 17.1 Å². The first-order chi connectivity index (χ1) is 16.7. The summed E-state index contributed by atoms with van der Waals surface area (Å²) in [7, 11) is 0.951. The van der Waals surface area contributed by atoms with Gasteiger partial charge >= 0.3 is 12.4 Å². The van der Waals surface area contributed by atoms with Gasteiger partial charge in [0, 0.05) is 17.4 Å². The molecule has 1 aromatic carbocycles. The van der Waals surface area contributed by atoms with Gasteiger partial charge in [-0.2, -0.15) is 26.3 Å². The van der Waals surface area contributed by atoms with Crippen LogP contribution in [0.2, 0.25) is 0 Å². The Morgan fingerprint density at radius 2 is 1.83 bits per heavy atom. The number of carbonyl (C=O) groups is 1. The molecule has 0 spiro atoms. The number of carbonyl (C=O) groups excluding carboxylic acids is 1. The number of aromatic nitrogens is 2. The number of alkyl halides is 6. The van der Waals surface area contributed by atoms with Gasteiger partial charge in [0.25, 0.3) is 5.91 Å². The fourth-order valence-electron chi connectivity index (χ4n) is 4.16. The summed E-state index contributed by atoms with van der Waals surface area (Å²) in [6.45, 7) is 1.20. The van der Waals surface area contributed by atoms with E-state index in [1.807, 2.05) is 0 Å². The first-order valence-electron chi connectivity index (χ1n) is 10.6. The fraction of sp³-hybridized carbons (Fsp3) is 0.500. The van der Waals surface area contributed by atoms with Crippen molar-refractivity contribution in [3.05, 3.63) is 47.5 Å². The maximum Gasteiger partial charge on any atom is 0.419 e. The molecule has 1 aliphatic rings. The minimum atomic E-state index is -4.96. The molecule has 1 fully saturated rings. The molecule has 3 rings (SSSR count). The van der Waals surface area contributed by atoms with Crippen LogP contribution in [0.1, 0.15) is 42.8 Å².